The lowest BCUT2D eigenvalue weighted by Gasteiger charge is -2.36. The Morgan fingerprint density at radius 2 is 1.87 bits per heavy atom. The third kappa shape index (κ3) is 6.09. The number of quaternary nitrogens is 1. The number of hydrogen-bond acceptors (Lipinski definition) is 6. The molecule has 0 N–H and O–H groups in total. The highest BCUT2D eigenvalue weighted by Gasteiger charge is 2.42. The van der Waals surface area contributed by atoms with Gasteiger partial charge in [-0.25, -0.2) is 22.5 Å². The molecule has 0 bridgehead atoms. The van der Waals surface area contributed by atoms with E-state index in [0.29, 0.717) is 29.5 Å². The topological polar surface area (TPSA) is 94.8 Å². The first kappa shape index (κ1) is 28.2. The van der Waals surface area contributed by atoms with Gasteiger partial charge in [0, 0.05) is 11.6 Å². The van der Waals surface area contributed by atoms with Gasteiger partial charge in [-0.05, 0) is 72.6 Å². The van der Waals surface area contributed by atoms with Crippen molar-refractivity contribution in [3.05, 3.63) is 65.1 Å². The Kier molecular flexibility index (Phi) is 8.87. The van der Waals surface area contributed by atoms with E-state index in [1.165, 1.54) is 17.4 Å². The number of aromatic nitrogens is 1. The number of piperidine rings is 1. The molecule has 1 aliphatic heterocycles. The number of sulfone groups is 1. The molecule has 38 heavy (non-hydrogen) atoms. The van der Waals surface area contributed by atoms with E-state index in [1.54, 1.807) is 36.4 Å². The zero-order valence-electron chi connectivity index (χ0n) is 21.3. The molecule has 1 aliphatic rings. The van der Waals surface area contributed by atoms with E-state index in [-0.39, 0.29) is 34.1 Å². The first-order valence-corrected chi connectivity index (χ1v) is 15.4. The summed E-state index contributed by atoms with van der Waals surface area (Å²) in [7, 11) is -3.69. The summed E-state index contributed by atoms with van der Waals surface area (Å²) in [6, 6.07) is 10.2. The fraction of sp³-hybridized carbons (Fsp3) is 0.370. The summed E-state index contributed by atoms with van der Waals surface area (Å²) in [5, 5.41) is 2.96. The number of carbonyl (C=O) groups excluding carboxylic acids is 2. The standard InChI is InChI=1S/C27H31ClN3O5S2/c1-3-15-36-27(33)29-26-30(4-2)19-25(37-26)31(13-6-5-7-14-31)24(32)12-16-38(34,35)23-11-9-20-17-22(28)10-8-21(20)18-23/h3,8-11,17-19H,1,4-7,12-16H2,2H3/q+1. The Bertz CT molecular complexity index is 1540. The van der Waals surface area contributed by atoms with Gasteiger partial charge in [0.2, 0.25) is 9.80 Å². The molecule has 4 rings (SSSR count). The summed E-state index contributed by atoms with van der Waals surface area (Å²) in [5.41, 5.74) is 0. The second-order valence-corrected chi connectivity index (χ2v) is 12.7. The van der Waals surface area contributed by atoms with Crippen molar-refractivity contribution >= 4 is 60.5 Å². The molecule has 2 amide bonds. The lowest BCUT2D eigenvalue weighted by molar-refractivity contribution is -0.130. The summed E-state index contributed by atoms with van der Waals surface area (Å²) < 4.78 is 33.3. The number of aryl methyl sites for hydroxylation is 1. The fourth-order valence-corrected chi connectivity index (χ4v) is 7.39. The average Bonchev–Trinajstić information content (AvgIpc) is 3.33. The number of amides is 2. The highest BCUT2D eigenvalue weighted by Crippen LogP contribution is 2.33. The summed E-state index contributed by atoms with van der Waals surface area (Å²) in [6.07, 6.45) is 5.20. The maximum atomic E-state index is 13.8. The van der Waals surface area contributed by atoms with Crippen LogP contribution in [0, 0.1) is 0 Å². The number of benzene rings is 2. The molecule has 0 unspecified atom stereocenters. The number of hydrogen-bond donors (Lipinski definition) is 0. The van der Waals surface area contributed by atoms with Crippen LogP contribution < -0.4 is 9.28 Å². The smallest absolute Gasteiger partial charge is 0.436 e. The molecule has 8 nitrogen and oxygen atoms in total. The van der Waals surface area contributed by atoms with Gasteiger partial charge in [0.1, 0.15) is 6.61 Å². The van der Waals surface area contributed by atoms with Crippen LogP contribution in [0.2, 0.25) is 5.02 Å². The molecule has 1 aromatic heterocycles. The van der Waals surface area contributed by atoms with Gasteiger partial charge in [0.15, 0.2) is 9.84 Å². The lowest BCUT2D eigenvalue weighted by Crippen LogP contribution is -2.57. The van der Waals surface area contributed by atoms with Crippen molar-refractivity contribution in [1.29, 1.82) is 0 Å². The summed E-state index contributed by atoms with van der Waals surface area (Å²) in [4.78, 5) is 30.6. The van der Waals surface area contributed by atoms with E-state index >= 15 is 0 Å². The number of fused-ring (bicyclic) bond motifs is 1. The first-order chi connectivity index (χ1) is 18.2. The van der Waals surface area contributed by atoms with E-state index < -0.39 is 15.9 Å². The van der Waals surface area contributed by atoms with E-state index in [1.807, 2.05) is 17.7 Å². The molecule has 1 fully saturated rings. The van der Waals surface area contributed by atoms with Crippen LogP contribution in [-0.2, 0) is 25.9 Å². The van der Waals surface area contributed by atoms with Gasteiger partial charge in [0.05, 0.1) is 36.4 Å². The molecule has 0 radical (unpaired) electrons. The number of carbonyl (C=O) groups is 2. The number of nitrogens with zero attached hydrogens (tertiary/aromatic N) is 3. The molecule has 1 saturated heterocycles. The average molecular weight is 577 g/mol. The fourth-order valence-electron chi connectivity index (χ4n) is 4.71. The third-order valence-corrected chi connectivity index (χ3v) is 9.88. The maximum absolute atomic E-state index is 13.8. The van der Waals surface area contributed by atoms with Gasteiger partial charge < -0.3 is 9.30 Å². The molecule has 0 aliphatic carbocycles. The third-order valence-electron chi connectivity index (χ3n) is 6.76. The molecule has 2 heterocycles. The number of ether oxygens (including phenoxy) is 1. The monoisotopic (exact) mass is 576 g/mol. The van der Waals surface area contributed by atoms with Crippen molar-refractivity contribution in [1.82, 2.24) is 9.05 Å². The van der Waals surface area contributed by atoms with Gasteiger partial charge in [-0.2, -0.15) is 0 Å². The van der Waals surface area contributed by atoms with E-state index in [0.717, 1.165) is 35.0 Å². The molecular weight excluding hydrogens is 546 g/mol. The normalized spacial score (nSPS) is 15.9. The Morgan fingerprint density at radius 3 is 2.58 bits per heavy atom. The van der Waals surface area contributed by atoms with E-state index in [4.69, 9.17) is 16.3 Å². The van der Waals surface area contributed by atoms with Crippen molar-refractivity contribution in [3.63, 3.8) is 0 Å². The second-order valence-electron chi connectivity index (χ2n) is 9.21. The first-order valence-electron chi connectivity index (χ1n) is 12.5. The highest BCUT2D eigenvalue weighted by atomic mass is 35.5. The molecule has 2 aromatic carbocycles. The zero-order valence-corrected chi connectivity index (χ0v) is 23.7. The van der Waals surface area contributed by atoms with Crippen LogP contribution in [0.3, 0.4) is 0 Å². The van der Waals surface area contributed by atoms with Gasteiger partial charge >= 0.3 is 12.0 Å². The Hall–Kier alpha value is -2.79. The summed E-state index contributed by atoms with van der Waals surface area (Å²) >= 11 is 7.32. The van der Waals surface area contributed by atoms with Gasteiger partial charge in [-0.1, -0.05) is 36.4 Å². The minimum Gasteiger partial charge on any atom is -0.444 e. The summed E-state index contributed by atoms with van der Waals surface area (Å²) in [5.74, 6) is -0.430. The molecular formula is C27H31ClN3O5S2+. The number of halogens is 1. The van der Waals surface area contributed by atoms with Crippen molar-refractivity contribution in [2.45, 2.75) is 44.0 Å². The Morgan fingerprint density at radius 1 is 1.16 bits per heavy atom. The molecule has 0 saturated carbocycles. The minimum absolute atomic E-state index is 0.0601. The molecule has 11 heteroatoms. The van der Waals surface area contributed by atoms with Crippen LogP contribution in [0.15, 0.2) is 65.1 Å². The zero-order chi connectivity index (χ0) is 27.3. The van der Waals surface area contributed by atoms with Crippen LogP contribution in [-0.4, -0.2) is 50.4 Å². The highest BCUT2D eigenvalue weighted by molar-refractivity contribution is 7.91. The van der Waals surface area contributed by atoms with Gasteiger partial charge in [-0.15, -0.1) is 4.99 Å². The lowest BCUT2D eigenvalue weighted by atomic mass is 10.1. The van der Waals surface area contributed by atoms with E-state index in [9.17, 15) is 18.0 Å². The van der Waals surface area contributed by atoms with Crippen molar-refractivity contribution < 1.29 is 22.7 Å². The van der Waals surface area contributed by atoms with Gasteiger partial charge in [0.25, 0.3) is 0 Å². The Balaban J connectivity index is 1.60. The van der Waals surface area contributed by atoms with Crippen LogP contribution in [0.4, 0.5) is 9.80 Å². The second kappa shape index (κ2) is 11.9. The van der Waals surface area contributed by atoms with Crippen LogP contribution >= 0.6 is 22.9 Å². The van der Waals surface area contributed by atoms with Crippen LogP contribution in [0.25, 0.3) is 10.8 Å². The minimum atomic E-state index is -3.69. The largest absolute Gasteiger partial charge is 0.444 e. The number of likely N-dealkylation sites (tertiary alicyclic amines) is 1. The van der Waals surface area contributed by atoms with Crippen molar-refractivity contribution in [3.8, 4) is 0 Å². The Labute approximate surface area is 231 Å². The van der Waals surface area contributed by atoms with Crippen molar-refractivity contribution in [2.75, 3.05) is 25.4 Å². The number of rotatable bonds is 8. The molecule has 0 atom stereocenters. The summed E-state index contributed by atoms with van der Waals surface area (Å²) in [6.45, 7) is 7.24. The SMILES string of the molecule is C=CCOC(=O)N=c1sc([N+]2(C(=O)CCS(=O)(=O)c3ccc4cc(Cl)ccc4c3)CCCCC2)cn1CC. The van der Waals surface area contributed by atoms with Crippen LogP contribution in [0.5, 0.6) is 0 Å². The predicted octanol–water partition coefficient (Wildman–Crippen LogP) is 5.48. The van der Waals surface area contributed by atoms with Gasteiger partial charge in [-0.3, -0.25) is 0 Å². The predicted molar refractivity (Wildman–Crippen MR) is 151 cm³/mol. The van der Waals surface area contributed by atoms with E-state index in [2.05, 4.69) is 11.6 Å². The molecule has 3 aromatic rings. The van der Waals surface area contributed by atoms with Crippen LogP contribution in [0.1, 0.15) is 32.6 Å². The molecule has 0 spiro atoms. The molecule has 202 valence electrons. The maximum Gasteiger partial charge on any atom is 0.436 e. The number of thiazole rings is 1. The quantitative estimate of drug-likeness (QED) is 0.261. The van der Waals surface area contributed by atoms with Crippen molar-refractivity contribution in [2.24, 2.45) is 4.99 Å².